The second-order valence-electron chi connectivity index (χ2n) is 4.89. The van der Waals surface area contributed by atoms with Gasteiger partial charge < -0.3 is 9.67 Å². The molecule has 1 aromatic heterocycles. The molecule has 4 nitrogen and oxygen atoms in total. The molecule has 3 heterocycles. The lowest BCUT2D eigenvalue weighted by Gasteiger charge is -2.11. The second kappa shape index (κ2) is 3.87. The first-order chi connectivity index (χ1) is 9.75. The molecule has 0 aliphatic carbocycles. The van der Waals surface area contributed by atoms with E-state index in [-0.39, 0.29) is 0 Å². The van der Waals surface area contributed by atoms with E-state index in [1.807, 2.05) is 12.2 Å². The zero-order chi connectivity index (χ0) is 13.7. The van der Waals surface area contributed by atoms with Crippen molar-refractivity contribution in [3.63, 3.8) is 0 Å². The first-order valence-corrected chi connectivity index (χ1v) is 6.46. The van der Waals surface area contributed by atoms with Crippen molar-refractivity contribution >= 4 is 35.3 Å². The largest absolute Gasteiger partial charge is 0.464 e. The lowest BCUT2D eigenvalue weighted by atomic mass is 10.0. The quantitative estimate of drug-likeness (QED) is 0.790. The number of hydrogen-bond acceptors (Lipinski definition) is 1. The molecule has 4 heteroatoms. The fraction of sp³-hybridized carbons (Fsp3) is 0.0625. The number of fused-ring (bicyclic) bond motifs is 3. The summed E-state index contributed by atoms with van der Waals surface area (Å²) in [6.45, 7) is 0. The van der Waals surface area contributed by atoms with Crippen LogP contribution in [0.3, 0.4) is 0 Å². The van der Waals surface area contributed by atoms with E-state index in [0.717, 1.165) is 28.0 Å². The van der Waals surface area contributed by atoms with E-state index in [4.69, 9.17) is 5.11 Å². The van der Waals surface area contributed by atoms with Crippen LogP contribution < -0.4 is 0 Å². The van der Waals surface area contributed by atoms with E-state index in [1.54, 1.807) is 12.4 Å². The molecule has 98 valence electrons. The van der Waals surface area contributed by atoms with Crippen molar-refractivity contribution in [3.05, 3.63) is 53.5 Å². The Labute approximate surface area is 115 Å². The smallest absolute Gasteiger partial charge is 0.415 e. The zero-order valence-corrected chi connectivity index (χ0v) is 10.7. The molecule has 4 rings (SSSR count). The molecule has 0 fully saturated rings. The number of rotatable bonds is 0. The average molecular weight is 264 g/mol. The first-order valence-electron chi connectivity index (χ1n) is 6.46. The molecule has 0 unspecified atom stereocenters. The maximum atomic E-state index is 11.1. The van der Waals surface area contributed by atoms with Gasteiger partial charge in [0.15, 0.2) is 0 Å². The van der Waals surface area contributed by atoms with Gasteiger partial charge in [-0.05, 0) is 24.1 Å². The Morgan fingerprint density at radius 3 is 2.85 bits per heavy atom. The molecule has 2 aliphatic rings. The van der Waals surface area contributed by atoms with Gasteiger partial charge in [-0.2, -0.15) is 0 Å². The molecule has 1 aromatic carbocycles. The number of carboxylic acid groups (broad SMARTS) is 1. The molecule has 0 saturated carbocycles. The summed E-state index contributed by atoms with van der Waals surface area (Å²) in [5, 5.41) is 10.2. The van der Waals surface area contributed by atoms with Crippen LogP contribution in [0.4, 0.5) is 4.79 Å². The highest BCUT2D eigenvalue weighted by Gasteiger charge is 2.19. The summed E-state index contributed by atoms with van der Waals surface area (Å²) in [6.07, 6.45) is 11.0. The highest BCUT2D eigenvalue weighted by atomic mass is 16.4. The Bertz CT molecular complexity index is 825. The third kappa shape index (κ3) is 1.39. The normalized spacial score (nSPS) is 15.5. The van der Waals surface area contributed by atoms with Crippen LogP contribution in [-0.2, 0) is 6.42 Å². The molecule has 20 heavy (non-hydrogen) atoms. The van der Waals surface area contributed by atoms with Gasteiger partial charge in [-0.15, -0.1) is 0 Å². The van der Waals surface area contributed by atoms with E-state index in [2.05, 4.69) is 35.0 Å². The van der Waals surface area contributed by atoms with Gasteiger partial charge in [0.1, 0.15) is 0 Å². The number of para-hydroxylation sites is 1. The molecule has 0 saturated heterocycles. The third-order valence-corrected chi connectivity index (χ3v) is 3.79. The Morgan fingerprint density at radius 2 is 2.00 bits per heavy atom. The lowest BCUT2D eigenvalue weighted by Crippen LogP contribution is -2.16. The highest BCUT2D eigenvalue weighted by Crippen LogP contribution is 2.34. The Balaban J connectivity index is 2.04. The molecule has 2 aromatic rings. The Kier molecular flexibility index (Phi) is 2.15. The topological polar surface area (TPSA) is 45.5 Å². The van der Waals surface area contributed by atoms with Crippen LogP contribution in [0, 0.1) is 0 Å². The van der Waals surface area contributed by atoms with Crippen molar-refractivity contribution in [3.8, 4) is 0 Å². The summed E-state index contributed by atoms with van der Waals surface area (Å²) < 4.78 is 2.13. The summed E-state index contributed by atoms with van der Waals surface area (Å²) in [5.74, 6) is 0. The van der Waals surface area contributed by atoms with Crippen molar-refractivity contribution in [1.82, 2.24) is 9.47 Å². The first kappa shape index (κ1) is 11.1. The SMILES string of the molecule is O=C(O)N1C=Cc2c(n3c4c(cccc24)CC=C3)C=C1. The van der Waals surface area contributed by atoms with Crippen LogP contribution >= 0.6 is 0 Å². The Morgan fingerprint density at radius 1 is 1.15 bits per heavy atom. The molecule has 1 N–H and O–H groups in total. The van der Waals surface area contributed by atoms with Crippen LogP contribution in [0.25, 0.3) is 29.3 Å². The molecule has 1 amide bonds. The number of amides is 1. The van der Waals surface area contributed by atoms with Crippen molar-refractivity contribution in [2.45, 2.75) is 6.42 Å². The second-order valence-corrected chi connectivity index (χ2v) is 4.89. The van der Waals surface area contributed by atoms with E-state index < -0.39 is 6.09 Å². The van der Waals surface area contributed by atoms with Crippen molar-refractivity contribution in [1.29, 1.82) is 0 Å². The summed E-state index contributed by atoms with van der Waals surface area (Å²) >= 11 is 0. The monoisotopic (exact) mass is 264 g/mol. The number of carbonyl (C=O) groups is 1. The summed E-state index contributed by atoms with van der Waals surface area (Å²) in [4.78, 5) is 12.2. The fourth-order valence-electron chi connectivity index (χ4n) is 2.91. The number of nitrogens with zero attached hydrogens (tertiary/aromatic N) is 2. The van der Waals surface area contributed by atoms with E-state index in [0.29, 0.717) is 0 Å². The minimum Gasteiger partial charge on any atom is -0.464 e. The van der Waals surface area contributed by atoms with E-state index >= 15 is 0 Å². The minimum atomic E-state index is -0.984. The van der Waals surface area contributed by atoms with Gasteiger partial charge in [0.2, 0.25) is 0 Å². The number of aromatic nitrogens is 1. The number of hydrogen-bond donors (Lipinski definition) is 1. The number of benzene rings is 1. The molecule has 2 aliphatic heterocycles. The average Bonchev–Trinajstić information content (AvgIpc) is 2.63. The lowest BCUT2D eigenvalue weighted by molar-refractivity contribution is 0.176. The predicted octanol–water partition coefficient (Wildman–Crippen LogP) is 3.60. The molecular weight excluding hydrogens is 252 g/mol. The molecule has 0 bridgehead atoms. The molecule has 0 atom stereocenters. The van der Waals surface area contributed by atoms with E-state index in [9.17, 15) is 4.79 Å². The zero-order valence-electron chi connectivity index (χ0n) is 10.7. The molecular formula is C16H12N2O2. The Hall–Kier alpha value is -2.75. The van der Waals surface area contributed by atoms with Gasteiger partial charge >= 0.3 is 6.09 Å². The molecule has 0 spiro atoms. The van der Waals surface area contributed by atoms with Gasteiger partial charge in [-0.25, -0.2) is 4.79 Å². The minimum absolute atomic E-state index is 0.939. The van der Waals surface area contributed by atoms with Gasteiger partial charge in [0.25, 0.3) is 0 Å². The van der Waals surface area contributed by atoms with Gasteiger partial charge in [-0.1, -0.05) is 24.3 Å². The highest BCUT2D eigenvalue weighted by molar-refractivity contribution is 5.98. The van der Waals surface area contributed by atoms with Crippen LogP contribution in [0.2, 0.25) is 0 Å². The van der Waals surface area contributed by atoms with Gasteiger partial charge in [0.05, 0.1) is 11.2 Å². The maximum Gasteiger partial charge on any atom is 0.415 e. The summed E-state index contributed by atoms with van der Waals surface area (Å²) in [6, 6.07) is 6.28. The third-order valence-electron chi connectivity index (χ3n) is 3.79. The standard InChI is InChI=1S/C16H12N2O2/c19-16(20)17-9-6-12-13-5-1-3-11-4-2-8-18(15(11)13)14(12)7-10-17/h1-3,5-10H,4H2,(H,19,20). The number of allylic oxidation sites excluding steroid dienone is 1. The van der Waals surface area contributed by atoms with Crippen LogP contribution in [-0.4, -0.2) is 20.7 Å². The van der Waals surface area contributed by atoms with Crippen molar-refractivity contribution < 1.29 is 9.90 Å². The van der Waals surface area contributed by atoms with Crippen LogP contribution in [0.15, 0.2) is 36.7 Å². The fourth-order valence-corrected chi connectivity index (χ4v) is 2.91. The van der Waals surface area contributed by atoms with Crippen LogP contribution in [0.1, 0.15) is 16.8 Å². The van der Waals surface area contributed by atoms with Gasteiger partial charge in [0, 0.05) is 29.5 Å². The van der Waals surface area contributed by atoms with E-state index in [1.165, 1.54) is 11.1 Å². The van der Waals surface area contributed by atoms with Crippen LogP contribution in [0.5, 0.6) is 0 Å². The van der Waals surface area contributed by atoms with Crippen molar-refractivity contribution in [2.75, 3.05) is 0 Å². The maximum absolute atomic E-state index is 11.1. The van der Waals surface area contributed by atoms with Crippen molar-refractivity contribution in [2.24, 2.45) is 0 Å². The van der Waals surface area contributed by atoms with Gasteiger partial charge in [-0.3, -0.25) is 4.90 Å². The summed E-state index contributed by atoms with van der Waals surface area (Å²) in [7, 11) is 0. The predicted molar refractivity (Wildman–Crippen MR) is 78.9 cm³/mol. The summed E-state index contributed by atoms with van der Waals surface area (Å²) in [5.41, 5.74) is 4.60. The molecule has 0 radical (unpaired) electrons.